The number of aromatic nitrogens is 1. The maximum Gasteiger partial charge on any atom is 0.433 e. The van der Waals surface area contributed by atoms with Gasteiger partial charge in [0.25, 0.3) is 0 Å². The molecule has 1 aromatic heterocycles. The van der Waals surface area contributed by atoms with Gasteiger partial charge >= 0.3 is 12.1 Å². The molecular weight excluding hydrogens is 513 g/mol. The molecule has 4 fully saturated rings. The van der Waals surface area contributed by atoms with Gasteiger partial charge in [-0.25, -0.2) is 4.98 Å². The van der Waals surface area contributed by atoms with Crippen LogP contribution in [0, 0.1) is 17.8 Å². The van der Waals surface area contributed by atoms with Crippen molar-refractivity contribution >= 4 is 17.7 Å². The topological polar surface area (TPSA) is 86.2 Å². The first-order valence-electron chi connectivity index (χ1n) is 14.2. The first-order valence-corrected chi connectivity index (χ1v) is 14.2. The highest BCUT2D eigenvalue weighted by Crippen LogP contribution is 2.41. The molecule has 3 atom stereocenters. The normalized spacial score (nSPS) is 27.5. The number of methoxy groups -OCH3 is 1. The Morgan fingerprint density at radius 2 is 1.69 bits per heavy atom. The van der Waals surface area contributed by atoms with Crippen molar-refractivity contribution in [2.45, 2.75) is 63.1 Å². The van der Waals surface area contributed by atoms with Crippen LogP contribution in [0.5, 0.6) is 0 Å². The van der Waals surface area contributed by atoms with Crippen molar-refractivity contribution in [2.24, 2.45) is 17.8 Å². The lowest BCUT2D eigenvalue weighted by Gasteiger charge is -2.34. The van der Waals surface area contributed by atoms with Gasteiger partial charge in [-0.3, -0.25) is 14.5 Å². The molecule has 1 aliphatic carbocycles. The van der Waals surface area contributed by atoms with E-state index in [1.165, 1.54) is 31.7 Å². The molecule has 1 unspecified atom stereocenters. The number of ether oxygens (including phenoxy) is 1. The second kappa shape index (κ2) is 11.6. The van der Waals surface area contributed by atoms with E-state index < -0.39 is 23.8 Å². The zero-order chi connectivity index (χ0) is 27.7. The number of carbonyl (C=O) groups excluding carboxylic acids is 1. The minimum Gasteiger partial charge on any atom is -0.481 e. The van der Waals surface area contributed by atoms with Crippen LogP contribution in [0.2, 0.25) is 0 Å². The number of likely N-dealkylation sites (tertiary alicyclic amines) is 2. The van der Waals surface area contributed by atoms with Crippen molar-refractivity contribution in [3.8, 4) is 0 Å². The van der Waals surface area contributed by atoms with E-state index in [-0.39, 0.29) is 29.5 Å². The third kappa shape index (κ3) is 6.04. The third-order valence-corrected chi connectivity index (χ3v) is 9.28. The van der Waals surface area contributed by atoms with Gasteiger partial charge in [0.15, 0.2) is 0 Å². The van der Waals surface area contributed by atoms with Crippen molar-refractivity contribution in [3.05, 3.63) is 23.4 Å². The Balaban J connectivity index is 1.37. The molecule has 0 bridgehead atoms. The summed E-state index contributed by atoms with van der Waals surface area (Å²) in [6.07, 6.45) is 1.87. The van der Waals surface area contributed by atoms with Crippen LogP contribution in [0.25, 0.3) is 0 Å². The Bertz CT molecular complexity index is 1040. The highest BCUT2D eigenvalue weighted by Gasteiger charge is 2.43. The summed E-state index contributed by atoms with van der Waals surface area (Å²) in [6, 6.07) is 3.11. The average Bonchev–Trinajstić information content (AvgIpc) is 3.69. The Hall–Kier alpha value is -2.40. The third-order valence-electron chi connectivity index (χ3n) is 9.28. The maximum absolute atomic E-state index is 13.7. The van der Waals surface area contributed by atoms with Crippen molar-refractivity contribution in [1.82, 2.24) is 14.8 Å². The SMILES string of the molecule is COC[C@H]1CN(C(=O)[C@H]2CCN(C3CCCC3)C2)CC1c1ccc(C(F)(F)F)nc1N1CCC(C(=O)O)CC1. The summed E-state index contributed by atoms with van der Waals surface area (Å²) in [7, 11) is 1.60. The lowest BCUT2D eigenvalue weighted by molar-refractivity contribution is -0.142. The van der Waals surface area contributed by atoms with E-state index in [0.717, 1.165) is 25.6 Å². The van der Waals surface area contributed by atoms with Crippen LogP contribution in [-0.2, 0) is 20.5 Å². The standard InChI is InChI=1S/C28H39F3N4O4/c1-39-17-20-15-35(26(36)19-10-13-34(14-19)21-4-2-3-5-21)16-23(20)22-6-7-24(28(29,30)31)32-25(22)33-11-8-18(9-12-33)27(37)38/h6-7,18-21,23H,2-5,8-17H2,1H3,(H,37,38)/t19-,20+,23?/m0/s1. The first-order chi connectivity index (χ1) is 18.7. The van der Waals surface area contributed by atoms with Crippen LogP contribution in [0.1, 0.15) is 62.1 Å². The van der Waals surface area contributed by atoms with Gasteiger partial charge in [0.05, 0.1) is 18.4 Å². The number of aliphatic carboxylic acids is 1. The van der Waals surface area contributed by atoms with Crippen LogP contribution < -0.4 is 4.90 Å². The Labute approximate surface area is 227 Å². The molecule has 1 amide bonds. The van der Waals surface area contributed by atoms with E-state index >= 15 is 0 Å². The number of alkyl halides is 3. The van der Waals surface area contributed by atoms with Gasteiger partial charge < -0.3 is 19.6 Å². The predicted molar refractivity (Wildman–Crippen MR) is 138 cm³/mol. The van der Waals surface area contributed by atoms with Gasteiger partial charge in [-0.1, -0.05) is 18.9 Å². The van der Waals surface area contributed by atoms with Crippen molar-refractivity contribution in [3.63, 3.8) is 0 Å². The summed E-state index contributed by atoms with van der Waals surface area (Å²) >= 11 is 0. The van der Waals surface area contributed by atoms with Gasteiger partial charge in [-0.2, -0.15) is 13.2 Å². The van der Waals surface area contributed by atoms with E-state index in [0.29, 0.717) is 57.2 Å². The average molecular weight is 553 g/mol. The highest BCUT2D eigenvalue weighted by atomic mass is 19.4. The molecule has 3 saturated heterocycles. The molecule has 4 heterocycles. The number of amides is 1. The summed E-state index contributed by atoms with van der Waals surface area (Å²) in [6.45, 7) is 3.67. The summed E-state index contributed by atoms with van der Waals surface area (Å²) in [5.74, 6) is -1.34. The Morgan fingerprint density at radius 1 is 1.00 bits per heavy atom. The largest absolute Gasteiger partial charge is 0.481 e. The minimum atomic E-state index is -4.59. The van der Waals surface area contributed by atoms with Gasteiger partial charge in [-0.05, 0) is 44.7 Å². The molecule has 0 spiro atoms. The van der Waals surface area contributed by atoms with E-state index in [1.54, 1.807) is 12.0 Å². The van der Waals surface area contributed by atoms with Crippen molar-refractivity contribution < 1.29 is 32.6 Å². The number of pyridine rings is 1. The maximum atomic E-state index is 13.7. The number of rotatable bonds is 7. The molecule has 0 radical (unpaired) electrons. The van der Waals surface area contributed by atoms with Gasteiger partial charge in [0.1, 0.15) is 11.5 Å². The lowest BCUT2D eigenvalue weighted by Crippen LogP contribution is -2.38. The summed E-state index contributed by atoms with van der Waals surface area (Å²) in [5.41, 5.74) is -0.290. The molecule has 11 heteroatoms. The van der Waals surface area contributed by atoms with E-state index in [1.807, 2.05) is 4.90 Å². The zero-order valence-electron chi connectivity index (χ0n) is 22.5. The van der Waals surface area contributed by atoms with E-state index in [4.69, 9.17) is 4.74 Å². The predicted octanol–water partition coefficient (Wildman–Crippen LogP) is 3.85. The van der Waals surface area contributed by atoms with Crippen LogP contribution in [-0.4, -0.2) is 90.8 Å². The number of carbonyl (C=O) groups is 2. The summed E-state index contributed by atoms with van der Waals surface area (Å²) < 4.78 is 46.5. The molecule has 1 N–H and O–H groups in total. The minimum absolute atomic E-state index is 0.0483. The van der Waals surface area contributed by atoms with E-state index in [9.17, 15) is 27.9 Å². The highest BCUT2D eigenvalue weighted by molar-refractivity contribution is 5.80. The smallest absolute Gasteiger partial charge is 0.433 e. The second-order valence-electron chi connectivity index (χ2n) is 11.7. The summed E-state index contributed by atoms with van der Waals surface area (Å²) in [4.78, 5) is 35.3. The van der Waals surface area contributed by atoms with Crippen molar-refractivity contribution in [1.29, 1.82) is 0 Å². The fraction of sp³-hybridized carbons (Fsp3) is 0.750. The van der Waals surface area contributed by atoms with Crippen LogP contribution in [0.3, 0.4) is 0 Å². The number of anilines is 1. The molecule has 39 heavy (non-hydrogen) atoms. The lowest BCUT2D eigenvalue weighted by atomic mass is 9.88. The Morgan fingerprint density at radius 3 is 2.33 bits per heavy atom. The van der Waals surface area contributed by atoms with Crippen LogP contribution in [0.15, 0.2) is 12.1 Å². The fourth-order valence-corrected chi connectivity index (χ4v) is 7.13. The Kier molecular flexibility index (Phi) is 8.37. The number of halogens is 3. The molecule has 5 rings (SSSR count). The van der Waals surface area contributed by atoms with Crippen molar-refractivity contribution in [2.75, 3.05) is 57.9 Å². The molecular formula is C28H39F3N4O4. The van der Waals surface area contributed by atoms with Crippen LogP contribution >= 0.6 is 0 Å². The van der Waals surface area contributed by atoms with Gasteiger partial charge in [0.2, 0.25) is 5.91 Å². The number of hydrogen-bond donors (Lipinski definition) is 1. The van der Waals surface area contributed by atoms with Crippen LogP contribution in [0.4, 0.5) is 19.0 Å². The molecule has 4 aliphatic rings. The molecule has 1 aromatic rings. The number of carboxylic acids is 1. The summed E-state index contributed by atoms with van der Waals surface area (Å²) in [5, 5.41) is 9.38. The quantitative estimate of drug-likeness (QED) is 0.550. The number of piperidine rings is 1. The monoisotopic (exact) mass is 552 g/mol. The van der Waals surface area contributed by atoms with E-state index in [2.05, 4.69) is 9.88 Å². The van der Waals surface area contributed by atoms with Gasteiger partial charge in [0, 0.05) is 63.3 Å². The second-order valence-corrected chi connectivity index (χ2v) is 11.7. The molecule has 216 valence electrons. The molecule has 3 aliphatic heterocycles. The molecule has 1 saturated carbocycles. The fourth-order valence-electron chi connectivity index (χ4n) is 7.13. The number of carboxylic acid groups (broad SMARTS) is 1. The van der Waals surface area contributed by atoms with Gasteiger partial charge in [-0.15, -0.1) is 0 Å². The molecule has 0 aromatic carbocycles. The number of nitrogens with zero attached hydrogens (tertiary/aromatic N) is 4. The first kappa shape index (κ1) is 28.1. The zero-order valence-corrected chi connectivity index (χ0v) is 22.5. The molecule has 8 nitrogen and oxygen atoms in total. The number of hydrogen-bond acceptors (Lipinski definition) is 6.